The zero-order valence-corrected chi connectivity index (χ0v) is 17.7. The summed E-state index contributed by atoms with van der Waals surface area (Å²) in [7, 11) is 0. The third-order valence-corrected chi connectivity index (χ3v) is 6.02. The van der Waals surface area contributed by atoms with Crippen LogP contribution in [-0.2, 0) is 33.4 Å². The largest absolute Gasteiger partial charge is 0.453 e. The Labute approximate surface area is 170 Å². The molecule has 4 unspecified atom stereocenters. The summed E-state index contributed by atoms with van der Waals surface area (Å²) in [6, 6.07) is 0. The first-order valence-electron chi connectivity index (χ1n) is 9.66. The highest BCUT2D eigenvalue weighted by molar-refractivity contribution is 5.93. The summed E-state index contributed by atoms with van der Waals surface area (Å²) < 4.78 is 16.3. The van der Waals surface area contributed by atoms with Crippen LogP contribution in [0.25, 0.3) is 0 Å². The Balaban J connectivity index is 2.67. The van der Waals surface area contributed by atoms with Crippen LogP contribution >= 0.6 is 0 Å². The van der Waals surface area contributed by atoms with E-state index in [2.05, 4.69) is 0 Å². The summed E-state index contributed by atoms with van der Waals surface area (Å²) in [6.45, 7) is 9.85. The second kappa shape index (κ2) is 8.76. The number of hydrogen-bond acceptors (Lipinski definition) is 7. The van der Waals surface area contributed by atoms with Gasteiger partial charge in [-0.15, -0.1) is 0 Å². The zero-order chi connectivity index (χ0) is 21.9. The van der Waals surface area contributed by atoms with Gasteiger partial charge in [0.05, 0.1) is 5.57 Å². The predicted molar refractivity (Wildman–Crippen MR) is 104 cm³/mol. The topological polar surface area (TPSA) is 96.0 Å². The third kappa shape index (κ3) is 4.18. The molecule has 7 nitrogen and oxygen atoms in total. The van der Waals surface area contributed by atoms with E-state index in [1.807, 2.05) is 19.9 Å². The van der Waals surface area contributed by atoms with Crippen molar-refractivity contribution in [1.82, 2.24) is 0 Å². The molecule has 4 atom stereocenters. The maximum atomic E-state index is 12.7. The van der Waals surface area contributed by atoms with Gasteiger partial charge in [0.2, 0.25) is 0 Å². The highest BCUT2D eigenvalue weighted by Crippen LogP contribution is 2.49. The van der Waals surface area contributed by atoms with Crippen molar-refractivity contribution in [1.29, 1.82) is 0 Å². The fraction of sp³-hybridized carbons (Fsp3) is 0.545. The van der Waals surface area contributed by atoms with E-state index in [9.17, 15) is 19.2 Å². The van der Waals surface area contributed by atoms with E-state index in [4.69, 9.17) is 14.2 Å². The Bertz CT molecular complexity index is 817. The van der Waals surface area contributed by atoms with Crippen LogP contribution in [0.4, 0.5) is 0 Å². The van der Waals surface area contributed by atoms with Crippen LogP contribution in [0.15, 0.2) is 34.4 Å². The van der Waals surface area contributed by atoms with Crippen LogP contribution in [0.5, 0.6) is 0 Å². The zero-order valence-electron chi connectivity index (χ0n) is 17.7. The van der Waals surface area contributed by atoms with Gasteiger partial charge in [-0.2, -0.15) is 0 Å². The van der Waals surface area contributed by atoms with Crippen LogP contribution in [0, 0.1) is 11.3 Å². The number of ether oxygens (including phenoxy) is 3. The standard InChI is InChI=1S/C22H28O7/c1-7-12(2)19(25)28-18(22(6)13(3)9-8-10-16(22)11-23)17-14(4)20(26)29-21(17)27-15(5)24/h7,10-11,13,18,21H,8-9H2,1-6H3. The summed E-state index contributed by atoms with van der Waals surface area (Å²) in [6.07, 6.45) is 3.36. The first-order chi connectivity index (χ1) is 13.6. The Morgan fingerprint density at radius 1 is 1.34 bits per heavy atom. The maximum absolute atomic E-state index is 12.7. The summed E-state index contributed by atoms with van der Waals surface area (Å²) in [5.74, 6) is -1.93. The summed E-state index contributed by atoms with van der Waals surface area (Å²) in [4.78, 5) is 48.4. The molecule has 0 amide bonds. The van der Waals surface area contributed by atoms with Crippen LogP contribution in [0.2, 0.25) is 0 Å². The summed E-state index contributed by atoms with van der Waals surface area (Å²) in [5.41, 5.74) is 0.398. The Kier molecular flexibility index (Phi) is 6.82. The highest BCUT2D eigenvalue weighted by Gasteiger charge is 2.53. The van der Waals surface area contributed by atoms with E-state index < -0.39 is 35.7 Å². The van der Waals surface area contributed by atoms with E-state index >= 15 is 0 Å². The fourth-order valence-electron chi connectivity index (χ4n) is 3.81. The minimum atomic E-state index is -1.30. The lowest BCUT2D eigenvalue weighted by molar-refractivity contribution is -0.176. The van der Waals surface area contributed by atoms with Gasteiger partial charge >= 0.3 is 17.9 Å². The number of allylic oxidation sites excluding steroid dienone is 2. The lowest BCUT2D eigenvalue weighted by Gasteiger charge is -2.45. The first kappa shape index (κ1) is 22.6. The molecule has 29 heavy (non-hydrogen) atoms. The molecule has 7 heteroatoms. The molecule has 0 spiro atoms. The molecule has 158 valence electrons. The van der Waals surface area contributed by atoms with Gasteiger partial charge in [-0.3, -0.25) is 9.59 Å². The van der Waals surface area contributed by atoms with Crippen molar-refractivity contribution in [3.05, 3.63) is 34.4 Å². The minimum Gasteiger partial charge on any atom is -0.453 e. The van der Waals surface area contributed by atoms with Crippen molar-refractivity contribution in [2.75, 3.05) is 0 Å². The number of hydrogen-bond donors (Lipinski definition) is 0. The number of carbonyl (C=O) groups is 4. The van der Waals surface area contributed by atoms with E-state index in [1.54, 1.807) is 19.9 Å². The molecule has 1 heterocycles. The highest BCUT2D eigenvalue weighted by atomic mass is 16.7. The van der Waals surface area contributed by atoms with Gasteiger partial charge in [-0.25, -0.2) is 9.59 Å². The van der Waals surface area contributed by atoms with E-state index in [1.165, 1.54) is 13.8 Å². The molecule has 0 fully saturated rings. The predicted octanol–water partition coefficient (Wildman–Crippen LogP) is 3.19. The molecule has 2 rings (SSSR count). The van der Waals surface area contributed by atoms with E-state index in [0.717, 1.165) is 19.1 Å². The van der Waals surface area contributed by atoms with Crippen LogP contribution in [0.3, 0.4) is 0 Å². The molecule has 0 N–H and O–H groups in total. The maximum Gasteiger partial charge on any atom is 0.337 e. The van der Waals surface area contributed by atoms with Gasteiger partial charge in [-0.05, 0) is 45.1 Å². The molecule has 0 aromatic heterocycles. The molecule has 2 aliphatic rings. The van der Waals surface area contributed by atoms with Crippen molar-refractivity contribution in [2.45, 2.75) is 66.8 Å². The van der Waals surface area contributed by atoms with Crippen LogP contribution < -0.4 is 0 Å². The van der Waals surface area contributed by atoms with Crippen molar-refractivity contribution < 1.29 is 33.4 Å². The monoisotopic (exact) mass is 404 g/mol. The molecule has 0 aromatic carbocycles. The molecular formula is C22H28O7. The second-order valence-electron chi connectivity index (χ2n) is 7.72. The summed E-state index contributed by atoms with van der Waals surface area (Å²) in [5, 5.41) is 0. The van der Waals surface area contributed by atoms with Gasteiger partial charge in [0.15, 0.2) is 0 Å². The molecule has 1 aliphatic heterocycles. The number of aldehydes is 1. The summed E-state index contributed by atoms with van der Waals surface area (Å²) >= 11 is 0. The molecule has 0 saturated heterocycles. The average Bonchev–Trinajstić information content (AvgIpc) is 2.93. The van der Waals surface area contributed by atoms with Crippen molar-refractivity contribution >= 4 is 24.2 Å². The van der Waals surface area contributed by atoms with E-state index in [0.29, 0.717) is 11.1 Å². The molecule has 0 aromatic rings. The SMILES string of the molecule is CC=C(C)C(=O)OC(C1=C(C)C(=O)OC1OC(C)=O)C1(C)C(C=O)=CCCC1C. The second-order valence-corrected chi connectivity index (χ2v) is 7.72. The molecule has 0 radical (unpaired) electrons. The minimum absolute atomic E-state index is 0.0506. The number of carbonyl (C=O) groups excluding carboxylic acids is 4. The molecule has 1 aliphatic carbocycles. The molecular weight excluding hydrogens is 376 g/mol. The molecule has 0 saturated carbocycles. The van der Waals surface area contributed by atoms with Crippen molar-refractivity contribution in [3.63, 3.8) is 0 Å². The van der Waals surface area contributed by atoms with Gasteiger partial charge in [-0.1, -0.05) is 26.0 Å². The lowest BCUT2D eigenvalue weighted by Crippen LogP contribution is -2.48. The van der Waals surface area contributed by atoms with Gasteiger partial charge in [0.1, 0.15) is 12.4 Å². The Morgan fingerprint density at radius 2 is 2.00 bits per heavy atom. The Hall–Kier alpha value is -2.70. The average molecular weight is 404 g/mol. The van der Waals surface area contributed by atoms with E-state index in [-0.39, 0.29) is 17.1 Å². The number of esters is 3. The van der Waals surface area contributed by atoms with Crippen LogP contribution in [-0.4, -0.2) is 36.6 Å². The fourth-order valence-corrected chi connectivity index (χ4v) is 3.81. The quantitative estimate of drug-likeness (QED) is 0.381. The number of rotatable bonds is 6. The number of cyclic esters (lactones) is 1. The third-order valence-electron chi connectivity index (χ3n) is 6.02. The van der Waals surface area contributed by atoms with Gasteiger partial charge in [0, 0.05) is 23.5 Å². The van der Waals surface area contributed by atoms with Crippen molar-refractivity contribution in [2.24, 2.45) is 11.3 Å². The van der Waals surface area contributed by atoms with Gasteiger partial charge in [0.25, 0.3) is 6.29 Å². The van der Waals surface area contributed by atoms with Crippen LogP contribution in [0.1, 0.15) is 54.4 Å². The smallest absolute Gasteiger partial charge is 0.337 e. The van der Waals surface area contributed by atoms with Gasteiger partial charge < -0.3 is 14.2 Å². The first-order valence-corrected chi connectivity index (χ1v) is 9.66. The molecule has 0 bridgehead atoms. The Morgan fingerprint density at radius 3 is 2.55 bits per heavy atom. The van der Waals surface area contributed by atoms with Crippen molar-refractivity contribution in [3.8, 4) is 0 Å². The lowest BCUT2D eigenvalue weighted by atomic mass is 9.62. The normalized spacial score (nSPS) is 28.4.